The van der Waals surface area contributed by atoms with Crippen LogP contribution in [0, 0.1) is 30.9 Å². The first-order valence-corrected chi connectivity index (χ1v) is 7.10. The Bertz CT molecular complexity index is 667. The van der Waals surface area contributed by atoms with E-state index in [0.717, 1.165) is 0 Å². The van der Waals surface area contributed by atoms with E-state index in [-0.39, 0.29) is 23.2 Å². The van der Waals surface area contributed by atoms with Gasteiger partial charge >= 0.3 is 5.97 Å². The first kappa shape index (κ1) is 18.3. The van der Waals surface area contributed by atoms with Gasteiger partial charge in [-0.15, -0.1) is 6.58 Å². The molecular weight excluding hydrogens is 300 g/mol. The molecule has 1 rings (SSSR count). The van der Waals surface area contributed by atoms with Crippen LogP contribution in [0.5, 0.6) is 0 Å². The van der Waals surface area contributed by atoms with E-state index in [9.17, 15) is 19.7 Å². The largest absolute Gasteiger partial charge is 0.480 e. The Kier molecular flexibility index (Phi) is 6.01. The van der Waals surface area contributed by atoms with Gasteiger partial charge in [0, 0.05) is 11.1 Å². The average Bonchev–Trinajstić information content (AvgIpc) is 2.41. The van der Waals surface area contributed by atoms with Crippen molar-refractivity contribution in [3.8, 4) is 0 Å². The first-order valence-electron chi connectivity index (χ1n) is 7.10. The number of carboxylic acid groups (broad SMARTS) is 1. The van der Waals surface area contributed by atoms with Crippen LogP contribution >= 0.6 is 0 Å². The zero-order chi connectivity index (χ0) is 17.7. The van der Waals surface area contributed by atoms with Crippen LogP contribution < -0.4 is 5.32 Å². The highest BCUT2D eigenvalue weighted by Gasteiger charge is 2.26. The number of allylic oxidation sites excluding steroid dienone is 1. The molecule has 124 valence electrons. The molecular formula is C16H20N2O5. The number of nitro groups is 1. The van der Waals surface area contributed by atoms with Crippen LogP contribution in [-0.2, 0) is 4.79 Å². The number of carboxylic acids is 1. The third kappa shape index (κ3) is 4.15. The molecule has 1 aromatic carbocycles. The van der Waals surface area contributed by atoms with Gasteiger partial charge in [0.1, 0.15) is 6.04 Å². The molecule has 0 spiro atoms. The van der Waals surface area contributed by atoms with E-state index in [1.807, 2.05) is 0 Å². The minimum absolute atomic E-state index is 0.126. The summed E-state index contributed by atoms with van der Waals surface area (Å²) in [4.78, 5) is 34.3. The molecule has 0 bridgehead atoms. The number of carbonyl (C=O) groups is 2. The van der Waals surface area contributed by atoms with Crippen LogP contribution in [-0.4, -0.2) is 27.9 Å². The fourth-order valence-corrected chi connectivity index (χ4v) is 2.58. The van der Waals surface area contributed by atoms with Crippen LogP contribution in [0.2, 0.25) is 0 Å². The molecule has 1 aromatic rings. The maximum atomic E-state index is 12.4. The van der Waals surface area contributed by atoms with Crippen molar-refractivity contribution in [3.63, 3.8) is 0 Å². The minimum atomic E-state index is -1.16. The van der Waals surface area contributed by atoms with E-state index in [1.165, 1.54) is 6.92 Å². The van der Waals surface area contributed by atoms with Crippen LogP contribution in [0.15, 0.2) is 18.7 Å². The number of hydrogen-bond acceptors (Lipinski definition) is 4. The van der Waals surface area contributed by atoms with Gasteiger partial charge in [-0.1, -0.05) is 6.08 Å². The van der Waals surface area contributed by atoms with Crippen molar-refractivity contribution in [2.45, 2.75) is 39.7 Å². The molecule has 1 unspecified atom stereocenters. The zero-order valence-electron chi connectivity index (χ0n) is 13.4. The lowest BCUT2D eigenvalue weighted by Crippen LogP contribution is -2.41. The summed E-state index contributed by atoms with van der Waals surface area (Å²) >= 11 is 0. The van der Waals surface area contributed by atoms with Crippen molar-refractivity contribution in [1.29, 1.82) is 0 Å². The number of aryl methyl sites for hydroxylation is 2. The second-order valence-corrected chi connectivity index (χ2v) is 5.35. The Labute approximate surface area is 134 Å². The Morgan fingerprint density at radius 2 is 2.00 bits per heavy atom. The van der Waals surface area contributed by atoms with E-state index >= 15 is 0 Å². The molecule has 1 atom stereocenters. The van der Waals surface area contributed by atoms with Gasteiger partial charge in [0.05, 0.1) is 10.5 Å². The molecule has 2 N–H and O–H groups in total. The lowest BCUT2D eigenvalue weighted by Gasteiger charge is -2.16. The van der Waals surface area contributed by atoms with Gasteiger partial charge in [-0.2, -0.15) is 0 Å². The monoisotopic (exact) mass is 320 g/mol. The summed E-state index contributed by atoms with van der Waals surface area (Å²) in [7, 11) is 0. The highest BCUT2D eigenvalue weighted by molar-refractivity contribution is 6.00. The topological polar surface area (TPSA) is 110 Å². The molecule has 7 heteroatoms. The number of carbonyl (C=O) groups excluding carboxylic acids is 1. The van der Waals surface area contributed by atoms with E-state index in [2.05, 4.69) is 11.9 Å². The van der Waals surface area contributed by atoms with Crippen molar-refractivity contribution >= 4 is 17.6 Å². The van der Waals surface area contributed by atoms with Crippen molar-refractivity contribution in [1.82, 2.24) is 5.32 Å². The molecule has 0 saturated carbocycles. The summed E-state index contributed by atoms with van der Waals surface area (Å²) in [5.41, 5.74) is 1.28. The number of nitrogens with one attached hydrogen (secondary N) is 1. The number of rotatable bonds is 7. The van der Waals surface area contributed by atoms with E-state index < -0.39 is 22.8 Å². The Balaban J connectivity index is 3.22. The predicted octanol–water partition coefficient (Wildman–Crippen LogP) is 2.67. The first-order chi connectivity index (χ1) is 10.7. The van der Waals surface area contributed by atoms with Gasteiger partial charge in [0.15, 0.2) is 0 Å². The molecule has 0 heterocycles. The second kappa shape index (κ2) is 7.53. The van der Waals surface area contributed by atoms with Crippen LogP contribution in [0.4, 0.5) is 5.69 Å². The number of hydrogen-bond donors (Lipinski definition) is 2. The van der Waals surface area contributed by atoms with Gasteiger partial charge in [-0.05, 0) is 45.2 Å². The fraction of sp³-hybridized carbons (Fsp3) is 0.375. The molecule has 0 aliphatic carbocycles. The summed E-state index contributed by atoms with van der Waals surface area (Å²) in [6, 6.07) is 0.485. The summed E-state index contributed by atoms with van der Waals surface area (Å²) in [5.74, 6) is -1.78. The van der Waals surface area contributed by atoms with Gasteiger partial charge in [-0.3, -0.25) is 14.9 Å². The van der Waals surface area contributed by atoms with Crippen molar-refractivity contribution < 1.29 is 19.6 Å². The van der Waals surface area contributed by atoms with Gasteiger partial charge in [-0.25, -0.2) is 4.79 Å². The fourth-order valence-electron chi connectivity index (χ4n) is 2.58. The minimum Gasteiger partial charge on any atom is -0.480 e. The van der Waals surface area contributed by atoms with Crippen LogP contribution in [0.1, 0.15) is 39.9 Å². The maximum absolute atomic E-state index is 12.4. The normalized spacial score (nSPS) is 11.6. The number of aliphatic carboxylic acids is 1. The summed E-state index contributed by atoms with van der Waals surface area (Å²) in [6.07, 6.45) is 2.20. The highest BCUT2D eigenvalue weighted by atomic mass is 16.6. The lowest BCUT2D eigenvalue weighted by atomic mass is 9.96. The number of benzene rings is 1. The van der Waals surface area contributed by atoms with E-state index in [0.29, 0.717) is 17.5 Å². The average molecular weight is 320 g/mol. The third-order valence-electron chi connectivity index (χ3n) is 3.60. The Morgan fingerprint density at radius 1 is 1.39 bits per heavy atom. The Morgan fingerprint density at radius 3 is 2.48 bits per heavy atom. The van der Waals surface area contributed by atoms with Crippen molar-refractivity contribution in [2.75, 3.05) is 0 Å². The third-order valence-corrected chi connectivity index (χ3v) is 3.60. The highest BCUT2D eigenvalue weighted by Crippen LogP contribution is 2.28. The number of nitrogens with zero attached hydrogens (tertiary/aromatic N) is 1. The molecule has 23 heavy (non-hydrogen) atoms. The molecule has 0 radical (unpaired) electrons. The summed E-state index contributed by atoms with van der Waals surface area (Å²) < 4.78 is 0. The Hall–Kier alpha value is -2.70. The van der Waals surface area contributed by atoms with Crippen molar-refractivity contribution in [2.24, 2.45) is 0 Å². The molecule has 7 nitrogen and oxygen atoms in total. The van der Waals surface area contributed by atoms with Crippen LogP contribution in [0.25, 0.3) is 0 Å². The zero-order valence-corrected chi connectivity index (χ0v) is 13.4. The number of nitro benzene ring substituents is 1. The smallest absolute Gasteiger partial charge is 0.326 e. The standard InChI is InChI=1S/C16H20N2O5/c1-5-6-7-12(16(20)21)17-15(19)13-9(2)8-10(3)14(11(13)4)18(22)23/h5,8,12H,1,6-7H2,2-4H3,(H,17,19)(H,20,21). The summed E-state index contributed by atoms with van der Waals surface area (Å²) in [6.45, 7) is 8.28. The summed E-state index contributed by atoms with van der Waals surface area (Å²) in [5, 5.41) is 22.8. The lowest BCUT2D eigenvalue weighted by molar-refractivity contribution is -0.386. The van der Waals surface area contributed by atoms with Gasteiger partial charge in [0.2, 0.25) is 0 Å². The molecule has 0 fully saturated rings. The van der Waals surface area contributed by atoms with Gasteiger partial charge < -0.3 is 10.4 Å². The molecule has 0 aliphatic rings. The molecule has 0 aromatic heterocycles. The number of amides is 1. The van der Waals surface area contributed by atoms with E-state index in [4.69, 9.17) is 5.11 Å². The predicted molar refractivity (Wildman–Crippen MR) is 85.6 cm³/mol. The molecule has 0 aliphatic heterocycles. The SMILES string of the molecule is C=CCCC(NC(=O)c1c(C)cc(C)c([N+](=O)[O-])c1C)C(=O)O. The molecule has 1 amide bonds. The van der Waals surface area contributed by atoms with Gasteiger partial charge in [0.25, 0.3) is 11.6 Å². The van der Waals surface area contributed by atoms with Crippen LogP contribution in [0.3, 0.4) is 0 Å². The quantitative estimate of drug-likeness (QED) is 0.456. The second-order valence-electron chi connectivity index (χ2n) is 5.35. The van der Waals surface area contributed by atoms with E-state index in [1.54, 1.807) is 26.0 Å². The maximum Gasteiger partial charge on any atom is 0.326 e. The molecule has 0 saturated heterocycles. The van der Waals surface area contributed by atoms with Crippen molar-refractivity contribution in [3.05, 3.63) is 51.1 Å².